The molecule has 0 aliphatic rings. The molecule has 0 aliphatic carbocycles. The summed E-state index contributed by atoms with van der Waals surface area (Å²) in [6.45, 7) is 2.08. The van der Waals surface area contributed by atoms with Crippen LogP contribution in [0.3, 0.4) is 0 Å². The van der Waals surface area contributed by atoms with Crippen molar-refractivity contribution in [3.63, 3.8) is 0 Å². The molecule has 0 aliphatic heterocycles. The van der Waals surface area contributed by atoms with Gasteiger partial charge >= 0.3 is 0 Å². The first-order chi connectivity index (χ1) is 9.28. The number of methoxy groups -OCH3 is 1. The first-order valence-electron chi connectivity index (χ1n) is 6.29. The van der Waals surface area contributed by atoms with Crippen LogP contribution in [0, 0.1) is 6.92 Å². The molecule has 0 radical (unpaired) electrons. The van der Waals surface area contributed by atoms with Crippen molar-refractivity contribution < 1.29 is 4.74 Å². The van der Waals surface area contributed by atoms with Gasteiger partial charge in [0.2, 0.25) is 5.88 Å². The molecule has 94 valence electrons. The zero-order valence-electron chi connectivity index (χ0n) is 11.1. The van der Waals surface area contributed by atoms with Crippen LogP contribution in [0.4, 0.5) is 0 Å². The number of ether oxygens (including phenoxy) is 1. The molecule has 0 saturated carbocycles. The van der Waals surface area contributed by atoms with Crippen molar-refractivity contribution in [1.82, 2.24) is 4.98 Å². The number of hydrogen-bond donors (Lipinski definition) is 0. The van der Waals surface area contributed by atoms with Gasteiger partial charge in [-0.25, -0.2) is 4.98 Å². The third-order valence-electron chi connectivity index (χ3n) is 3.25. The van der Waals surface area contributed by atoms with Crippen LogP contribution in [0.5, 0.6) is 5.88 Å². The molecule has 1 aromatic heterocycles. The summed E-state index contributed by atoms with van der Waals surface area (Å²) < 4.78 is 5.40. The van der Waals surface area contributed by atoms with E-state index in [2.05, 4.69) is 48.3 Å². The highest BCUT2D eigenvalue weighted by Gasteiger charge is 2.07. The highest BCUT2D eigenvalue weighted by Crippen LogP contribution is 2.28. The van der Waals surface area contributed by atoms with Gasteiger partial charge in [0, 0.05) is 10.9 Å². The number of hydrogen-bond acceptors (Lipinski definition) is 2. The van der Waals surface area contributed by atoms with Gasteiger partial charge in [0.15, 0.2) is 0 Å². The number of aryl methyl sites for hydroxylation is 1. The molecule has 0 saturated heterocycles. The molecule has 2 heteroatoms. The summed E-state index contributed by atoms with van der Waals surface area (Å²) >= 11 is 0. The summed E-state index contributed by atoms with van der Waals surface area (Å²) in [6, 6.07) is 18.6. The largest absolute Gasteiger partial charge is 0.481 e. The quantitative estimate of drug-likeness (QED) is 0.678. The van der Waals surface area contributed by atoms with Crippen molar-refractivity contribution in [2.45, 2.75) is 6.92 Å². The van der Waals surface area contributed by atoms with Crippen LogP contribution in [0.25, 0.3) is 22.0 Å². The molecule has 0 unspecified atom stereocenters. The van der Waals surface area contributed by atoms with Crippen molar-refractivity contribution in [2.24, 2.45) is 0 Å². The Hall–Kier alpha value is -2.35. The SMILES string of the molecule is COc1nc(-c2ccc(C)cc2)cc2ccccc12. The summed E-state index contributed by atoms with van der Waals surface area (Å²) in [7, 11) is 1.66. The second-order valence-corrected chi connectivity index (χ2v) is 4.60. The molecule has 0 fully saturated rings. The number of pyridine rings is 1. The summed E-state index contributed by atoms with van der Waals surface area (Å²) in [5.41, 5.74) is 3.29. The predicted molar refractivity (Wildman–Crippen MR) is 78.5 cm³/mol. The molecule has 2 aromatic carbocycles. The summed E-state index contributed by atoms with van der Waals surface area (Å²) in [6.07, 6.45) is 0. The Kier molecular flexibility index (Phi) is 2.92. The maximum Gasteiger partial charge on any atom is 0.221 e. The van der Waals surface area contributed by atoms with Gasteiger partial charge in [0.1, 0.15) is 0 Å². The summed E-state index contributed by atoms with van der Waals surface area (Å²) in [4.78, 5) is 4.60. The van der Waals surface area contributed by atoms with Crippen molar-refractivity contribution in [3.05, 3.63) is 60.2 Å². The first-order valence-corrected chi connectivity index (χ1v) is 6.29. The van der Waals surface area contributed by atoms with Crippen LogP contribution in [0.2, 0.25) is 0 Å². The van der Waals surface area contributed by atoms with E-state index in [-0.39, 0.29) is 0 Å². The van der Waals surface area contributed by atoms with Gasteiger partial charge < -0.3 is 4.74 Å². The lowest BCUT2D eigenvalue weighted by molar-refractivity contribution is 0.404. The summed E-state index contributed by atoms with van der Waals surface area (Å²) in [5, 5.41) is 2.19. The molecule has 2 nitrogen and oxygen atoms in total. The summed E-state index contributed by atoms with van der Waals surface area (Å²) in [5.74, 6) is 0.675. The van der Waals surface area contributed by atoms with Gasteiger partial charge in [0.05, 0.1) is 12.8 Å². The fraction of sp³-hybridized carbons (Fsp3) is 0.118. The van der Waals surface area contributed by atoms with E-state index in [1.165, 1.54) is 5.56 Å². The minimum atomic E-state index is 0.675. The van der Waals surface area contributed by atoms with Crippen LogP contribution in [-0.4, -0.2) is 12.1 Å². The third-order valence-corrected chi connectivity index (χ3v) is 3.25. The fourth-order valence-electron chi connectivity index (χ4n) is 2.19. The van der Waals surface area contributed by atoms with Crippen molar-refractivity contribution >= 4 is 10.8 Å². The zero-order chi connectivity index (χ0) is 13.2. The van der Waals surface area contributed by atoms with E-state index in [9.17, 15) is 0 Å². The standard InChI is InChI=1S/C17H15NO/c1-12-7-9-13(10-8-12)16-11-14-5-3-4-6-15(14)17(18-16)19-2/h3-11H,1-2H3. The Morgan fingerprint density at radius 1 is 0.947 bits per heavy atom. The number of benzene rings is 2. The fourth-order valence-corrected chi connectivity index (χ4v) is 2.19. The molecule has 0 amide bonds. The van der Waals surface area contributed by atoms with Crippen molar-refractivity contribution in [2.75, 3.05) is 7.11 Å². The lowest BCUT2D eigenvalue weighted by Gasteiger charge is -2.08. The average molecular weight is 249 g/mol. The molecule has 0 bridgehead atoms. The highest BCUT2D eigenvalue weighted by atomic mass is 16.5. The molecular formula is C17H15NO. The molecule has 0 atom stereocenters. The third kappa shape index (κ3) is 2.17. The average Bonchev–Trinajstić information content (AvgIpc) is 2.47. The van der Waals surface area contributed by atoms with E-state index >= 15 is 0 Å². The molecule has 3 rings (SSSR count). The van der Waals surface area contributed by atoms with Crippen LogP contribution in [0.15, 0.2) is 54.6 Å². The van der Waals surface area contributed by atoms with Crippen LogP contribution in [-0.2, 0) is 0 Å². The highest BCUT2D eigenvalue weighted by molar-refractivity contribution is 5.89. The molecule has 0 spiro atoms. The van der Waals surface area contributed by atoms with Gasteiger partial charge in [-0.2, -0.15) is 0 Å². The Morgan fingerprint density at radius 3 is 2.42 bits per heavy atom. The van der Waals surface area contributed by atoms with Gasteiger partial charge in [-0.3, -0.25) is 0 Å². The number of nitrogens with zero attached hydrogens (tertiary/aromatic N) is 1. The van der Waals surface area contributed by atoms with E-state index in [4.69, 9.17) is 4.74 Å². The lowest BCUT2D eigenvalue weighted by atomic mass is 10.1. The second kappa shape index (κ2) is 4.73. The van der Waals surface area contributed by atoms with Gasteiger partial charge in [-0.05, 0) is 24.4 Å². The van der Waals surface area contributed by atoms with E-state index < -0.39 is 0 Å². The second-order valence-electron chi connectivity index (χ2n) is 4.60. The molecule has 0 N–H and O–H groups in total. The van der Waals surface area contributed by atoms with Gasteiger partial charge in [-0.15, -0.1) is 0 Å². The molecule has 3 aromatic rings. The minimum absolute atomic E-state index is 0.675. The van der Waals surface area contributed by atoms with Gasteiger partial charge in [0.25, 0.3) is 0 Å². The maximum absolute atomic E-state index is 5.40. The topological polar surface area (TPSA) is 22.1 Å². The molecular weight excluding hydrogens is 234 g/mol. The number of fused-ring (bicyclic) bond motifs is 1. The maximum atomic E-state index is 5.40. The van der Waals surface area contributed by atoms with Crippen LogP contribution < -0.4 is 4.74 Å². The minimum Gasteiger partial charge on any atom is -0.481 e. The van der Waals surface area contributed by atoms with Crippen LogP contribution in [0.1, 0.15) is 5.56 Å². The van der Waals surface area contributed by atoms with Crippen molar-refractivity contribution in [1.29, 1.82) is 0 Å². The number of aromatic nitrogens is 1. The van der Waals surface area contributed by atoms with E-state index in [0.717, 1.165) is 22.0 Å². The Bertz CT molecular complexity index is 717. The molecule has 1 heterocycles. The monoisotopic (exact) mass is 249 g/mol. The van der Waals surface area contributed by atoms with Crippen molar-refractivity contribution in [3.8, 4) is 17.1 Å². The van der Waals surface area contributed by atoms with Gasteiger partial charge in [-0.1, -0.05) is 48.0 Å². The van der Waals surface area contributed by atoms with Crippen LogP contribution >= 0.6 is 0 Å². The number of rotatable bonds is 2. The Balaban J connectivity index is 2.22. The first kappa shape index (κ1) is 11.7. The Labute approximate surface area is 112 Å². The predicted octanol–water partition coefficient (Wildman–Crippen LogP) is 4.22. The van der Waals surface area contributed by atoms with E-state index in [1.807, 2.05) is 18.2 Å². The zero-order valence-corrected chi connectivity index (χ0v) is 11.1. The Morgan fingerprint density at radius 2 is 1.68 bits per heavy atom. The van der Waals surface area contributed by atoms with E-state index in [1.54, 1.807) is 7.11 Å². The molecule has 19 heavy (non-hydrogen) atoms. The normalized spacial score (nSPS) is 10.6. The van der Waals surface area contributed by atoms with E-state index in [0.29, 0.717) is 5.88 Å². The smallest absolute Gasteiger partial charge is 0.221 e. The lowest BCUT2D eigenvalue weighted by Crippen LogP contribution is -1.92.